The SMILES string of the molecule is CCOC(c1ccccc1)C(O)CC(C)C. The van der Waals surface area contributed by atoms with Crippen LogP contribution in [0.15, 0.2) is 30.3 Å². The van der Waals surface area contributed by atoms with Gasteiger partial charge >= 0.3 is 0 Å². The zero-order valence-electron chi connectivity index (χ0n) is 10.4. The van der Waals surface area contributed by atoms with Gasteiger partial charge < -0.3 is 9.84 Å². The predicted octanol–water partition coefficient (Wildman–Crippen LogP) is 3.17. The van der Waals surface area contributed by atoms with Crippen LogP contribution in [-0.2, 0) is 4.74 Å². The lowest BCUT2D eigenvalue weighted by Gasteiger charge is -2.24. The fourth-order valence-corrected chi connectivity index (χ4v) is 1.86. The number of hydrogen-bond donors (Lipinski definition) is 1. The molecule has 1 rings (SSSR count). The molecule has 16 heavy (non-hydrogen) atoms. The maximum absolute atomic E-state index is 10.1. The van der Waals surface area contributed by atoms with Crippen LogP contribution in [0.3, 0.4) is 0 Å². The molecule has 1 N–H and O–H groups in total. The largest absolute Gasteiger partial charge is 0.390 e. The van der Waals surface area contributed by atoms with E-state index >= 15 is 0 Å². The fourth-order valence-electron chi connectivity index (χ4n) is 1.86. The molecule has 2 heteroatoms. The van der Waals surface area contributed by atoms with Gasteiger partial charge in [-0.25, -0.2) is 0 Å². The third kappa shape index (κ3) is 3.95. The van der Waals surface area contributed by atoms with E-state index in [9.17, 15) is 5.11 Å². The van der Waals surface area contributed by atoms with Gasteiger partial charge in [-0.15, -0.1) is 0 Å². The van der Waals surface area contributed by atoms with Crippen molar-refractivity contribution in [2.45, 2.75) is 39.4 Å². The summed E-state index contributed by atoms with van der Waals surface area (Å²) in [7, 11) is 0. The standard InChI is InChI=1S/C14H22O2/c1-4-16-14(13(15)10-11(2)3)12-8-6-5-7-9-12/h5-9,11,13-15H,4,10H2,1-3H3. The minimum absolute atomic E-state index is 0.200. The number of benzene rings is 1. The first-order valence-electron chi connectivity index (χ1n) is 5.99. The summed E-state index contributed by atoms with van der Waals surface area (Å²) in [6.45, 7) is 6.79. The average molecular weight is 222 g/mol. The lowest BCUT2D eigenvalue weighted by Crippen LogP contribution is -2.23. The highest BCUT2D eigenvalue weighted by molar-refractivity contribution is 5.18. The molecule has 0 amide bonds. The van der Waals surface area contributed by atoms with E-state index in [1.807, 2.05) is 37.3 Å². The molecular weight excluding hydrogens is 200 g/mol. The second-order valence-electron chi connectivity index (χ2n) is 4.48. The smallest absolute Gasteiger partial charge is 0.108 e. The Morgan fingerprint density at radius 2 is 1.81 bits per heavy atom. The monoisotopic (exact) mass is 222 g/mol. The highest BCUT2D eigenvalue weighted by atomic mass is 16.5. The molecule has 0 spiro atoms. The maximum atomic E-state index is 10.1. The molecule has 1 aromatic rings. The van der Waals surface area contributed by atoms with Crippen molar-refractivity contribution >= 4 is 0 Å². The molecule has 2 unspecified atom stereocenters. The Morgan fingerprint density at radius 3 is 2.31 bits per heavy atom. The van der Waals surface area contributed by atoms with Crippen molar-refractivity contribution in [3.63, 3.8) is 0 Å². The topological polar surface area (TPSA) is 29.5 Å². The van der Waals surface area contributed by atoms with E-state index in [1.165, 1.54) is 0 Å². The van der Waals surface area contributed by atoms with Crippen LogP contribution in [0, 0.1) is 5.92 Å². The molecule has 0 radical (unpaired) electrons. The van der Waals surface area contributed by atoms with Gasteiger partial charge in [0, 0.05) is 6.61 Å². The van der Waals surface area contributed by atoms with Crippen molar-refractivity contribution in [1.29, 1.82) is 0 Å². The van der Waals surface area contributed by atoms with E-state index in [1.54, 1.807) is 0 Å². The van der Waals surface area contributed by atoms with Gasteiger partial charge in [0.15, 0.2) is 0 Å². The Hall–Kier alpha value is -0.860. The average Bonchev–Trinajstić information content (AvgIpc) is 2.26. The first-order valence-corrected chi connectivity index (χ1v) is 5.99. The minimum atomic E-state index is -0.428. The van der Waals surface area contributed by atoms with Crippen molar-refractivity contribution in [3.8, 4) is 0 Å². The van der Waals surface area contributed by atoms with Crippen LogP contribution in [0.2, 0.25) is 0 Å². The fraction of sp³-hybridized carbons (Fsp3) is 0.571. The molecular formula is C14H22O2. The van der Waals surface area contributed by atoms with Gasteiger partial charge in [0.25, 0.3) is 0 Å². The van der Waals surface area contributed by atoms with Gasteiger partial charge in [0.1, 0.15) is 6.10 Å². The van der Waals surface area contributed by atoms with Crippen molar-refractivity contribution in [2.24, 2.45) is 5.92 Å². The van der Waals surface area contributed by atoms with Crippen molar-refractivity contribution < 1.29 is 9.84 Å². The number of ether oxygens (including phenoxy) is 1. The first kappa shape index (κ1) is 13.2. The Balaban J connectivity index is 2.74. The Labute approximate surface area is 98.3 Å². The summed E-state index contributed by atoms with van der Waals surface area (Å²) >= 11 is 0. The van der Waals surface area contributed by atoms with Gasteiger partial charge in [-0.05, 0) is 24.8 Å². The van der Waals surface area contributed by atoms with Crippen molar-refractivity contribution in [1.82, 2.24) is 0 Å². The number of hydrogen-bond acceptors (Lipinski definition) is 2. The summed E-state index contributed by atoms with van der Waals surface area (Å²) in [5.41, 5.74) is 1.05. The van der Waals surface area contributed by atoms with Gasteiger partial charge in [-0.1, -0.05) is 44.2 Å². The Bertz CT molecular complexity index is 282. The summed E-state index contributed by atoms with van der Waals surface area (Å²) in [4.78, 5) is 0. The van der Waals surface area contributed by atoms with Gasteiger partial charge in [-0.3, -0.25) is 0 Å². The van der Waals surface area contributed by atoms with E-state index in [4.69, 9.17) is 4.74 Å². The molecule has 0 aliphatic rings. The summed E-state index contributed by atoms with van der Waals surface area (Å²) in [6, 6.07) is 9.93. The van der Waals surface area contributed by atoms with E-state index < -0.39 is 6.10 Å². The van der Waals surface area contributed by atoms with Crippen LogP contribution in [0.5, 0.6) is 0 Å². The predicted molar refractivity (Wildman–Crippen MR) is 66.3 cm³/mol. The molecule has 0 aliphatic carbocycles. The summed E-state index contributed by atoms with van der Waals surface area (Å²) in [5.74, 6) is 0.474. The van der Waals surface area contributed by atoms with Crippen molar-refractivity contribution in [3.05, 3.63) is 35.9 Å². The second-order valence-corrected chi connectivity index (χ2v) is 4.48. The summed E-state index contributed by atoms with van der Waals surface area (Å²) in [6.07, 6.45) is 0.135. The zero-order chi connectivity index (χ0) is 12.0. The van der Waals surface area contributed by atoms with Gasteiger partial charge in [-0.2, -0.15) is 0 Å². The Morgan fingerprint density at radius 1 is 1.19 bits per heavy atom. The minimum Gasteiger partial charge on any atom is -0.390 e. The number of aliphatic hydroxyl groups is 1. The molecule has 0 aliphatic heterocycles. The molecule has 0 bridgehead atoms. The summed E-state index contributed by atoms with van der Waals surface area (Å²) in [5, 5.41) is 10.1. The van der Waals surface area contributed by atoms with Crippen LogP contribution < -0.4 is 0 Å². The van der Waals surface area contributed by atoms with Crippen LogP contribution in [-0.4, -0.2) is 17.8 Å². The first-order chi connectivity index (χ1) is 7.65. The van der Waals surface area contributed by atoms with Gasteiger partial charge in [0.05, 0.1) is 6.10 Å². The van der Waals surface area contributed by atoms with Crippen LogP contribution in [0.4, 0.5) is 0 Å². The van der Waals surface area contributed by atoms with E-state index in [0.717, 1.165) is 12.0 Å². The summed E-state index contributed by atoms with van der Waals surface area (Å²) < 4.78 is 5.64. The van der Waals surface area contributed by atoms with E-state index in [0.29, 0.717) is 12.5 Å². The quantitative estimate of drug-likeness (QED) is 0.801. The van der Waals surface area contributed by atoms with E-state index in [2.05, 4.69) is 13.8 Å². The second kappa shape index (κ2) is 6.66. The molecule has 2 atom stereocenters. The molecule has 0 aromatic heterocycles. The lowest BCUT2D eigenvalue weighted by atomic mass is 9.97. The zero-order valence-corrected chi connectivity index (χ0v) is 10.4. The molecule has 90 valence electrons. The normalized spacial score (nSPS) is 15.1. The molecule has 1 aromatic carbocycles. The highest BCUT2D eigenvalue weighted by Gasteiger charge is 2.21. The third-order valence-corrected chi connectivity index (χ3v) is 2.54. The Kier molecular flexibility index (Phi) is 5.50. The molecule has 0 heterocycles. The molecule has 0 saturated heterocycles. The maximum Gasteiger partial charge on any atom is 0.108 e. The van der Waals surface area contributed by atoms with Crippen molar-refractivity contribution in [2.75, 3.05) is 6.61 Å². The number of rotatable bonds is 6. The highest BCUT2D eigenvalue weighted by Crippen LogP contribution is 2.25. The van der Waals surface area contributed by atoms with Crippen LogP contribution >= 0.6 is 0 Å². The van der Waals surface area contributed by atoms with E-state index in [-0.39, 0.29) is 6.10 Å². The number of aliphatic hydroxyl groups excluding tert-OH is 1. The van der Waals surface area contributed by atoms with Gasteiger partial charge in [0.2, 0.25) is 0 Å². The lowest BCUT2D eigenvalue weighted by molar-refractivity contribution is -0.0423. The van der Waals surface area contributed by atoms with Crippen LogP contribution in [0.1, 0.15) is 38.9 Å². The molecule has 2 nitrogen and oxygen atoms in total. The molecule has 0 saturated carbocycles. The third-order valence-electron chi connectivity index (χ3n) is 2.54. The van der Waals surface area contributed by atoms with Crippen LogP contribution in [0.25, 0.3) is 0 Å². The molecule has 0 fully saturated rings.